The van der Waals surface area contributed by atoms with Gasteiger partial charge in [-0.25, -0.2) is 0 Å². The van der Waals surface area contributed by atoms with Crippen LogP contribution in [0.25, 0.3) is 0 Å². The number of nitrogens with one attached hydrogen (secondary N) is 1. The fourth-order valence-corrected chi connectivity index (χ4v) is 1.71. The van der Waals surface area contributed by atoms with E-state index in [-0.39, 0.29) is 0 Å². The van der Waals surface area contributed by atoms with Gasteiger partial charge in [0.25, 0.3) is 0 Å². The first kappa shape index (κ1) is 11.9. The third-order valence-electron chi connectivity index (χ3n) is 2.42. The lowest BCUT2D eigenvalue weighted by Crippen LogP contribution is -2.51. The van der Waals surface area contributed by atoms with Crippen LogP contribution in [0.1, 0.15) is 26.2 Å². The molecule has 1 radical (unpaired) electrons. The third kappa shape index (κ3) is 3.92. The van der Waals surface area contributed by atoms with Gasteiger partial charge in [0.1, 0.15) is 0 Å². The second kappa shape index (κ2) is 7.17. The zero-order valence-corrected chi connectivity index (χ0v) is 8.91. The minimum Gasteiger partial charge on any atom is -0.390 e. The first-order valence-corrected chi connectivity index (χ1v) is 5.44. The quantitative estimate of drug-likeness (QED) is 0.627. The summed E-state index contributed by atoms with van der Waals surface area (Å²) >= 11 is 0. The smallest absolute Gasteiger partial charge is 0.0822 e. The summed E-state index contributed by atoms with van der Waals surface area (Å²) in [6.07, 6.45) is 2.94. The number of hydrogen-bond donors (Lipinski definition) is 2. The van der Waals surface area contributed by atoms with Crippen LogP contribution in [0.4, 0.5) is 0 Å². The van der Waals surface area contributed by atoms with E-state index in [0.717, 1.165) is 32.7 Å². The summed E-state index contributed by atoms with van der Waals surface area (Å²) in [6.45, 7) is 6.86. The molecule has 0 aromatic heterocycles. The number of hydrogen-bond acceptors (Lipinski definition) is 4. The van der Waals surface area contributed by atoms with Crippen molar-refractivity contribution in [2.24, 2.45) is 0 Å². The monoisotopic (exact) mass is 201 g/mol. The molecule has 0 aliphatic carbocycles. The van der Waals surface area contributed by atoms with Gasteiger partial charge in [-0.05, 0) is 6.42 Å². The maximum atomic E-state index is 8.53. The predicted octanol–water partition coefficient (Wildman–Crippen LogP) is 0.916. The zero-order chi connectivity index (χ0) is 10.2. The molecule has 2 N–H and O–H groups in total. The first-order valence-electron chi connectivity index (χ1n) is 5.44. The summed E-state index contributed by atoms with van der Waals surface area (Å²) in [6, 6.07) is 0.493. The molecule has 1 unspecified atom stereocenters. The zero-order valence-electron chi connectivity index (χ0n) is 8.91. The van der Waals surface area contributed by atoms with Gasteiger partial charge in [-0.1, -0.05) is 13.3 Å². The van der Waals surface area contributed by atoms with E-state index in [2.05, 4.69) is 17.3 Å². The Balaban J connectivity index is 2.22. The lowest BCUT2D eigenvalue weighted by atomic mass is 10.1. The number of aliphatic hydroxyl groups is 1. The van der Waals surface area contributed by atoms with E-state index in [1.807, 2.05) is 0 Å². The number of hydroxylamine groups is 2. The molecule has 14 heavy (non-hydrogen) atoms. The molecule has 0 saturated carbocycles. The first-order chi connectivity index (χ1) is 6.88. The van der Waals surface area contributed by atoms with Crippen LogP contribution in [0.2, 0.25) is 0 Å². The Kier molecular flexibility index (Phi) is 6.10. The minimum absolute atomic E-state index is 0.493. The van der Waals surface area contributed by atoms with Crippen molar-refractivity contribution in [2.75, 3.05) is 26.2 Å². The second-order valence-electron chi connectivity index (χ2n) is 3.59. The van der Waals surface area contributed by atoms with Gasteiger partial charge in [0.2, 0.25) is 0 Å². The predicted molar refractivity (Wildman–Crippen MR) is 55.1 cm³/mol. The fraction of sp³-hybridized carbons (Fsp3) is 0.900. The normalized spacial score (nSPS) is 24.0. The molecule has 4 heteroatoms. The summed E-state index contributed by atoms with van der Waals surface area (Å²) in [5.74, 6) is 0. The molecule has 1 aliphatic rings. The number of aliphatic hydroxyl groups excluding tert-OH is 1. The molecule has 1 rings (SSSR count). The molecule has 1 fully saturated rings. The van der Waals surface area contributed by atoms with Gasteiger partial charge in [-0.15, -0.1) is 0 Å². The van der Waals surface area contributed by atoms with Crippen molar-refractivity contribution in [3.05, 3.63) is 6.61 Å². The summed E-state index contributed by atoms with van der Waals surface area (Å²) in [5, 5.41) is 13.9. The topological polar surface area (TPSA) is 44.7 Å². The van der Waals surface area contributed by atoms with E-state index >= 15 is 0 Å². The largest absolute Gasteiger partial charge is 0.390 e. The highest BCUT2D eigenvalue weighted by atomic mass is 16.7. The van der Waals surface area contributed by atoms with Crippen molar-refractivity contribution in [2.45, 2.75) is 32.2 Å². The standard InChI is InChI=1S/C10H21N2O2/c1-2-4-10-9-11-5-6-12(10)14-8-3-7-13/h7,10-11,13H,2-6,8-9H2,1H3. The van der Waals surface area contributed by atoms with E-state index in [1.165, 1.54) is 6.42 Å². The third-order valence-corrected chi connectivity index (χ3v) is 2.42. The maximum Gasteiger partial charge on any atom is 0.0822 e. The Labute approximate surface area is 86.2 Å². The van der Waals surface area contributed by atoms with Gasteiger partial charge in [-0.3, -0.25) is 4.84 Å². The molecule has 0 amide bonds. The fourth-order valence-electron chi connectivity index (χ4n) is 1.71. The Morgan fingerprint density at radius 3 is 3.21 bits per heavy atom. The van der Waals surface area contributed by atoms with Crippen molar-refractivity contribution in [3.63, 3.8) is 0 Å². The van der Waals surface area contributed by atoms with Gasteiger partial charge in [0, 0.05) is 32.1 Å². The summed E-state index contributed by atoms with van der Waals surface area (Å²) in [4.78, 5) is 5.59. The lowest BCUT2D eigenvalue weighted by Gasteiger charge is -2.34. The molecule has 1 saturated heterocycles. The Morgan fingerprint density at radius 1 is 1.64 bits per heavy atom. The van der Waals surface area contributed by atoms with Crippen molar-refractivity contribution >= 4 is 0 Å². The molecule has 1 atom stereocenters. The molecule has 0 aromatic rings. The van der Waals surface area contributed by atoms with Crippen LogP contribution in [-0.2, 0) is 4.84 Å². The van der Waals surface area contributed by atoms with Crippen molar-refractivity contribution in [3.8, 4) is 0 Å². The van der Waals surface area contributed by atoms with Crippen molar-refractivity contribution in [1.82, 2.24) is 10.4 Å². The number of piperazine rings is 1. The molecular formula is C10H21N2O2. The van der Waals surface area contributed by atoms with Crippen LogP contribution in [0.5, 0.6) is 0 Å². The van der Waals surface area contributed by atoms with Crippen LogP contribution >= 0.6 is 0 Å². The average Bonchev–Trinajstić information content (AvgIpc) is 2.21. The SMILES string of the molecule is CCCC1CNCCN1OCC[CH]O. The van der Waals surface area contributed by atoms with E-state index < -0.39 is 0 Å². The van der Waals surface area contributed by atoms with Gasteiger partial charge in [0.05, 0.1) is 13.2 Å². The average molecular weight is 201 g/mol. The Hall–Kier alpha value is -0.160. The second-order valence-corrected chi connectivity index (χ2v) is 3.59. The van der Waals surface area contributed by atoms with Crippen LogP contribution < -0.4 is 5.32 Å². The van der Waals surface area contributed by atoms with Crippen molar-refractivity contribution < 1.29 is 9.94 Å². The van der Waals surface area contributed by atoms with Crippen LogP contribution in [0, 0.1) is 6.61 Å². The Bertz CT molecular complexity index is 142. The summed E-state index contributed by atoms with van der Waals surface area (Å²) in [5.41, 5.74) is 0. The van der Waals surface area contributed by atoms with Gasteiger partial charge < -0.3 is 10.4 Å². The van der Waals surface area contributed by atoms with E-state index in [9.17, 15) is 0 Å². The van der Waals surface area contributed by atoms with E-state index in [1.54, 1.807) is 0 Å². The van der Waals surface area contributed by atoms with Gasteiger partial charge in [-0.2, -0.15) is 5.06 Å². The lowest BCUT2D eigenvalue weighted by molar-refractivity contribution is -0.194. The number of nitrogens with zero attached hydrogens (tertiary/aromatic N) is 1. The summed E-state index contributed by atoms with van der Waals surface area (Å²) < 4.78 is 0. The highest BCUT2D eigenvalue weighted by Crippen LogP contribution is 2.10. The molecule has 1 aliphatic heterocycles. The molecule has 1 heterocycles. The van der Waals surface area contributed by atoms with Crippen LogP contribution in [-0.4, -0.2) is 42.5 Å². The molecular weight excluding hydrogens is 180 g/mol. The molecule has 0 spiro atoms. The van der Waals surface area contributed by atoms with E-state index in [4.69, 9.17) is 9.94 Å². The van der Waals surface area contributed by atoms with Gasteiger partial charge >= 0.3 is 0 Å². The highest BCUT2D eigenvalue weighted by Gasteiger charge is 2.21. The highest BCUT2D eigenvalue weighted by molar-refractivity contribution is 4.74. The molecule has 4 nitrogen and oxygen atoms in total. The minimum atomic E-state index is 0.493. The summed E-state index contributed by atoms with van der Waals surface area (Å²) in [7, 11) is 0. The van der Waals surface area contributed by atoms with Crippen molar-refractivity contribution in [1.29, 1.82) is 0 Å². The molecule has 0 bridgehead atoms. The molecule has 0 aromatic carbocycles. The maximum absolute atomic E-state index is 8.53. The molecule has 83 valence electrons. The van der Waals surface area contributed by atoms with E-state index in [0.29, 0.717) is 19.1 Å². The van der Waals surface area contributed by atoms with Gasteiger partial charge in [0.15, 0.2) is 0 Å². The number of rotatable bonds is 6. The Morgan fingerprint density at radius 2 is 2.50 bits per heavy atom. The van der Waals surface area contributed by atoms with Crippen LogP contribution in [0.15, 0.2) is 0 Å². The van der Waals surface area contributed by atoms with Crippen LogP contribution in [0.3, 0.4) is 0 Å².